The molecule has 0 N–H and O–H groups in total. The van der Waals surface area contributed by atoms with Gasteiger partial charge in [-0.3, -0.25) is 0 Å². The highest BCUT2D eigenvalue weighted by atomic mass is 35.5. The molecule has 4 aliphatic rings. The molecule has 50 heavy (non-hydrogen) atoms. The highest BCUT2D eigenvalue weighted by Crippen LogP contribution is 2.61. The predicted molar refractivity (Wildman–Crippen MR) is 213 cm³/mol. The average Bonchev–Trinajstić information content (AvgIpc) is 3.51. The topological polar surface area (TPSA) is 3.24 Å². The van der Waals surface area contributed by atoms with Gasteiger partial charge in [0.1, 0.15) is 0 Å². The standard InChI is InChI=1S/C48H42ClN/c1-47(2)41-16-11-17-45(49)46(41)40-30-43-39(29-44(40)47)38-27-26-37(28-42(38)48(43,3)4)50(35-22-18-33(19-23-35)31-12-7-5-8-13-31)36-24-20-34(21-25-36)32-14-9-6-10-15-32/h5-9,11-14,16-30,40,44H,10,15H2,1-4H3. The Bertz CT molecular complexity index is 2260. The number of benzene rings is 5. The molecule has 5 aromatic rings. The van der Waals surface area contributed by atoms with E-state index in [1.807, 2.05) is 0 Å². The van der Waals surface area contributed by atoms with E-state index >= 15 is 0 Å². The second-order valence-corrected chi connectivity index (χ2v) is 15.9. The van der Waals surface area contributed by atoms with Gasteiger partial charge in [0, 0.05) is 33.4 Å². The van der Waals surface area contributed by atoms with Gasteiger partial charge in [-0.2, -0.15) is 0 Å². The lowest BCUT2D eigenvalue weighted by Gasteiger charge is -2.33. The lowest BCUT2D eigenvalue weighted by Crippen LogP contribution is -2.27. The number of hydrogen-bond donors (Lipinski definition) is 0. The minimum absolute atomic E-state index is 0.00556. The first-order chi connectivity index (χ1) is 24.2. The van der Waals surface area contributed by atoms with Gasteiger partial charge >= 0.3 is 0 Å². The maximum atomic E-state index is 6.93. The summed E-state index contributed by atoms with van der Waals surface area (Å²) in [5, 5.41) is 0.892. The van der Waals surface area contributed by atoms with Crippen molar-refractivity contribution in [2.75, 3.05) is 4.90 Å². The highest BCUT2D eigenvalue weighted by molar-refractivity contribution is 6.31. The number of halogens is 1. The fourth-order valence-corrected chi connectivity index (χ4v) is 9.48. The quantitative estimate of drug-likeness (QED) is 0.180. The summed E-state index contributed by atoms with van der Waals surface area (Å²) in [4.78, 5) is 2.42. The molecule has 0 radical (unpaired) electrons. The summed E-state index contributed by atoms with van der Waals surface area (Å²) in [6, 6.07) is 42.4. The molecule has 0 spiro atoms. The number of fused-ring (bicyclic) bond motifs is 6. The van der Waals surface area contributed by atoms with Crippen LogP contribution < -0.4 is 4.90 Å². The van der Waals surface area contributed by atoms with Crippen LogP contribution in [-0.4, -0.2) is 0 Å². The molecule has 246 valence electrons. The highest BCUT2D eigenvalue weighted by Gasteiger charge is 2.50. The zero-order valence-corrected chi connectivity index (χ0v) is 30.0. The molecule has 0 fully saturated rings. The van der Waals surface area contributed by atoms with Crippen molar-refractivity contribution in [1.82, 2.24) is 0 Å². The molecule has 0 aliphatic heterocycles. The molecule has 2 heteroatoms. The summed E-state index contributed by atoms with van der Waals surface area (Å²) in [5.74, 6) is 0.652. The minimum atomic E-state index is -0.149. The first kappa shape index (κ1) is 31.2. The first-order valence-corrected chi connectivity index (χ1v) is 18.4. The molecule has 0 aromatic heterocycles. The summed E-state index contributed by atoms with van der Waals surface area (Å²) in [6.45, 7) is 9.58. The van der Waals surface area contributed by atoms with E-state index < -0.39 is 0 Å². The van der Waals surface area contributed by atoms with E-state index in [9.17, 15) is 0 Å². The van der Waals surface area contributed by atoms with Gasteiger partial charge in [0.2, 0.25) is 0 Å². The normalized spacial score (nSPS) is 20.5. The van der Waals surface area contributed by atoms with Gasteiger partial charge in [-0.25, -0.2) is 0 Å². The van der Waals surface area contributed by atoms with Crippen LogP contribution in [0.3, 0.4) is 0 Å². The van der Waals surface area contributed by atoms with Crippen LogP contribution >= 0.6 is 11.6 Å². The fourth-order valence-electron chi connectivity index (χ4n) is 9.18. The Morgan fingerprint density at radius 2 is 1.34 bits per heavy atom. The molecule has 1 nitrogen and oxygen atoms in total. The number of allylic oxidation sites excluding steroid dienone is 8. The summed E-state index contributed by atoms with van der Waals surface area (Å²) in [6.07, 6.45) is 14.0. The van der Waals surface area contributed by atoms with Crippen LogP contribution in [0.4, 0.5) is 17.1 Å². The van der Waals surface area contributed by atoms with Gasteiger partial charge in [-0.15, -0.1) is 0 Å². The lowest BCUT2D eigenvalue weighted by atomic mass is 9.70. The van der Waals surface area contributed by atoms with Crippen LogP contribution in [0.25, 0.3) is 22.3 Å². The average molecular weight is 668 g/mol. The van der Waals surface area contributed by atoms with E-state index in [0.717, 1.165) is 29.2 Å². The molecule has 9 rings (SSSR count). The molecule has 4 aliphatic carbocycles. The first-order valence-electron chi connectivity index (χ1n) is 18.0. The van der Waals surface area contributed by atoms with Crippen molar-refractivity contribution in [3.05, 3.63) is 184 Å². The fraction of sp³-hybridized carbons (Fsp3) is 0.208. The molecule has 5 aromatic carbocycles. The molecule has 0 amide bonds. The molecular formula is C48H42ClN. The predicted octanol–water partition coefficient (Wildman–Crippen LogP) is 13.5. The van der Waals surface area contributed by atoms with Gasteiger partial charge in [0.25, 0.3) is 0 Å². The van der Waals surface area contributed by atoms with E-state index in [1.54, 1.807) is 0 Å². The van der Waals surface area contributed by atoms with Gasteiger partial charge in [0.15, 0.2) is 0 Å². The summed E-state index contributed by atoms with van der Waals surface area (Å²) < 4.78 is 0. The second kappa shape index (κ2) is 11.6. The van der Waals surface area contributed by atoms with Gasteiger partial charge in [-0.1, -0.05) is 142 Å². The number of nitrogens with zero attached hydrogens (tertiary/aromatic N) is 1. The minimum Gasteiger partial charge on any atom is -0.310 e. The Kier molecular flexibility index (Phi) is 7.23. The third-order valence-corrected chi connectivity index (χ3v) is 12.3. The van der Waals surface area contributed by atoms with E-state index in [0.29, 0.717) is 5.92 Å². The van der Waals surface area contributed by atoms with Crippen molar-refractivity contribution < 1.29 is 0 Å². The Labute approximate surface area is 302 Å². The van der Waals surface area contributed by atoms with Crippen molar-refractivity contribution in [2.45, 2.75) is 57.3 Å². The van der Waals surface area contributed by atoms with Crippen LogP contribution in [0.2, 0.25) is 5.02 Å². The Hall–Kier alpha value is -4.85. The zero-order valence-electron chi connectivity index (χ0n) is 29.3. The molecule has 0 saturated carbocycles. The van der Waals surface area contributed by atoms with E-state index in [2.05, 4.69) is 178 Å². The van der Waals surface area contributed by atoms with E-state index in [4.69, 9.17) is 11.6 Å². The molecule has 2 unspecified atom stereocenters. The third-order valence-electron chi connectivity index (χ3n) is 11.9. The number of anilines is 3. The SMILES string of the molecule is CC1(C)C2=CC3c4c(Cl)cccc4C(C)(C)C3C=C2c2ccc(N(c3ccc(C4=CC=CCC4)cc3)c3ccc(-c4ccccc4)cc3)cc21. The Morgan fingerprint density at radius 3 is 2.04 bits per heavy atom. The largest absolute Gasteiger partial charge is 0.310 e. The maximum absolute atomic E-state index is 6.93. The number of rotatable bonds is 5. The van der Waals surface area contributed by atoms with E-state index in [1.165, 1.54) is 61.4 Å². The van der Waals surface area contributed by atoms with E-state index in [-0.39, 0.29) is 16.7 Å². The zero-order chi connectivity index (χ0) is 34.2. The smallest absolute Gasteiger partial charge is 0.0465 e. The summed E-state index contributed by atoms with van der Waals surface area (Å²) >= 11 is 6.93. The van der Waals surface area contributed by atoms with Crippen LogP contribution in [0.15, 0.2) is 151 Å². The van der Waals surface area contributed by atoms with Gasteiger partial charge < -0.3 is 4.90 Å². The van der Waals surface area contributed by atoms with Crippen molar-refractivity contribution in [2.24, 2.45) is 5.92 Å². The van der Waals surface area contributed by atoms with Crippen LogP contribution in [0.5, 0.6) is 0 Å². The van der Waals surface area contributed by atoms with Crippen LogP contribution in [-0.2, 0) is 10.8 Å². The van der Waals surface area contributed by atoms with Crippen molar-refractivity contribution in [1.29, 1.82) is 0 Å². The summed E-state index contributed by atoms with van der Waals surface area (Å²) in [5.41, 5.74) is 16.7. The lowest BCUT2D eigenvalue weighted by molar-refractivity contribution is 0.393. The second-order valence-electron chi connectivity index (χ2n) is 15.4. The molecule has 0 bridgehead atoms. The van der Waals surface area contributed by atoms with Gasteiger partial charge in [0.05, 0.1) is 0 Å². The summed E-state index contributed by atoms with van der Waals surface area (Å²) in [7, 11) is 0. The third kappa shape index (κ3) is 4.82. The molecule has 2 atom stereocenters. The molecule has 0 saturated heterocycles. The Morgan fingerprint density at radius 1 is 0.660 bits per heavy atom. The van der Waals surface area contributed by atoms with Gasteiger partial charge in [-0.05, 0) is 122 Å². The monoisotopic (exact) mass is 667 g/mol. The Balaban J connectivity index is 1.15. The van der Waals surface area contributed by atoms with Crippen molar-refractivity contribution in [3.63, 3.8) is 0 Å². The number of hydrogen-bond acceptors (Lipinski definition) is 1. The van der Waals surface area contributed by atoms with Crippen LogP contribution in [0, 0.1) is 5.92 Å². The van der Waals surface area contributed by atoms with Crippen molar-refractivity contribution in [3.8, 4) is 11.1 Å². The molecule has 0 heterocycles. The maximum Gasteiger partial charge on any atom is 0.0465 e. The van der Waals surface area contributed by atoms with Crippen molar-refractivity contribution >= 4 is 39.8 Å². The van der Waals surface area contributed by atoms with Crippen LogP contribution in [0.1, 0.15) is 74.3 Å². The molecular weight excluding hydrogens is 626 g/mol.